The maximum absolute atomic E-state index is 12.7. The molecule has 96 valence electrons. The fourth-order valence-electron chi connectivity index (χ4n) is 1.69. The number of rotatable bonds is 1. The average molecular weight is 259 g/mol. The number of aromatic amines is 2. The van der Waals surface area contributed by atoms with Crippen molar-refractivity contribution in [1.82, 2.24) is 9.97 Å². The number of aromatic nitrogens is 2. The highest BCUT2D eigenvalue weighted by molar-refractivity contribution is 5.79. The Balaban J connectivity index is 2.90. The lowest BCUT2D eigenvalue weighted by Crippen LogP contribution is -2.23. The van der Waals surface area contributed by atoms with Gasteiger partial charge in [0.05, 0.1) is 16.5 Å². The molecule has 0 bridgehead atoms. The van der Waals surface area contributed by atoms with Crippen molar-refractivity contribution in [3.05, 3.63) is 44.1 Å². The zero-order valence-electron chi connectivity index (χ0n) is 8.89. The second-order valence-corrected chi connectivity index (χ2v) is 3.67. The van der Waals surface area contributed by atoms with E-state index in [2.05, 4.69) is 4.98 Å². The minimum absolute atomic E-state index is 0.0388. The molecule has 0 amide bonds. The maximum atomic E-state index is 12.7. The molecule has 0 spiro atoms. The summed E-state index contributed by atoms with van der Waals surface area (Å²) in [6.07, 6.45) is -4.59. The Morgan fingerprint density at radius 1 is 1.17 bits per heavy atom. The van der Waals surface area contributed by atoms with E-state index in [1.54, 1.807) is 0 Å². The van der Waals surface area contributed by atoms with Gasteiger partial charge in [0.25, 0.3) is 5.56 Å². The molecule has 1 aromatic carbocycles. The predicted octanol–water partition coefficient (Wildman–Crippen LogP) is 0.694. The maximum Gasteiger partial charge on any atom is 0.416 e. The third kappa shape index (κ3) is 2.02. The highest BCUT2D eigenvalue weighted by Crippen LogP contribution is 2.33. The molecule has 0 unspecified atom stereocenters. The van der Waals surface area contributed by atoms with Gasteiger partial charge < -0.3 is 10.7 Å². The van der Waals surface area contributed by atoms with Gasteiger partial charge in [-0.25, -0.2) is 4.79 Å². The van der Waals surface area contributed by atoms with E-state index in [0.29, 0.717) is 6.07 Å². The Morgan fingerprint density at radius 2 is 1.83 bits per heavy atom. The van der Waals surface area contributed by atoms with Crippen molar-refractivity contribution < 1.29 is 13.2 Å². The van der Waals surface area contributed by atoms with E-state index in [-0.39, 0.29) is 23.0 Å². The molecule has 0 fully saturated rings. The first-order valence-corrected chi connectivity index (χ1v) is 4.89. The summed E-state index contributed by atoms with van der Waals surface area (Å²) >= 11 is 0. The number of hydrogen-bond donors (Lipinski definition) is 3. The van der Waals surface area contributed by atoms with E-state index in [0.717, 1.165) is 6.07 Å². The van der Waals surface area contributed by atoms with Crippen LogP contribution in [-0.2, 0) is 12.7 Å². The Labute approximate surface area is 97.4 Å². The Hall–Kier alpha value is -2.09. The molecule has 0 aliphatic carbocycles. The predicted molar refractivity (Wildman–Crippen MR) is 58.1 cm³/mol. The summed E-state index contributed by atoms with van der Waals surface area (Å²) in [4.78, 5) is 26.5. The number of nitrogens with two attached hydrogens (primary N) is 1. The molecule has 1 aromatic heterocycles. The lowest BCUT2D eigenvalue weighted by atomic mass is 10.0. The van der Waals surface area contributed by atoms with Gasteiger partial charge in [-0.2, -0.15) is 13.2 Å². The summed E-state index contributed by atoms with van der Waals surface area (Å²) in [7, 11) is 0. The number of fused-ring (bicyclic) bond motifs is 1. The van der Waals surface area contributed by atoms with Gasteiger partial charge in [0.2, 0.25) is 0 Å². The van der Waals surface area contributed by atoms with E-state index < -0.39 is 23.0 Å². The van der Waals surface area contributed by atoms with Gasteiger partial charge in [0, 0.05) is 6.54 Å². The van der Waals surface area contributed by atoms with Crippen LogP contribution >= 0.6 is 0 Å². The normalized spacial score (nSPS) is 12.0. The molecule has 2 aromatic rings. The molecule has 4 N–H and O–H groups in total. The SMILES string of the molecule is NCc1cc2c(=O)[nH]c(=O)[nH]c2cc1C(F)(F)F. The monoisotopic (exact) mass is 259 g/mol. The molecule has 0 radical (unpaired) electrons. The van der Waals surface area contributed by atoms with Gasteiger partial charge in [0.15, 0.2) is 0 Å². The second-order valence-electron chi connectivity index (χ2n) is 3.67. The highest BCUT2D eigenvalue weighted by Gasteiger charge is 2.33. The topological polar surface area (TPSA) is 91.7 Å². The first kappa shape index (κ1) is 12.4. The number of nitrogens with one attached hydrogen (secondary N) is 2. The standard InChI is InChI=1S/C10H8F3N3O2/c11-10(12,13)6-2-7-5(1-4(6)3-14)8(17)16-9(18)15-7/h1-2H,3,14H2,(H2,15,16,17,18). The molecule has 0 saturated heterocycles. The molecule has 8 heteroatoms. The van der Waals surface area contributed by atoms with Crippen molar-refractivity contribution in [3.8, 4) is 0 Å². The van der Waals surface area contributed by atoms with Crippen LogP contribution in [0.1, 0.15) is 11.1 Å². The van der Waals surface area contributed by atoms with Crippen LogP contribution in [0.25, 0.3) is 10.9 Å². The van der Waals surface area contributed by atoms with Gasteiger partial charge >= 0.3 is 11.9 Å². The summed E-state index contributed by atoms with van der Waals surface area (Å²) in [5.74, 6) is 0. The first-order valence-electron chi connectivity index (χ1n) is 4.89. The number of alkyl halides is 3. The molecular formula is C10H8F3N3O2. The van der Waals surface area contributed by atoms with Gasteiger partial charge in [-0.3, -0.25) is 9.78 Å². The molecule has 0 saturated carbocycles. The molecular weight excluding hydrogens is 251 g/mol. The van der Waals surface area contributed by atoms with Crippen LogP contribution in [0.2, 0.25) is 0 Å². The van der Waals surface area contributed by atoms with E-state index in [1.165, 1.54) is 0 Å². The average Bonchev–Trinajstić information content (AvgIpc) is 2.26. The Morgan fingerprint density at radius 3 is 2.39 bits per heavy atom. The summed E-state index contributed by atoms with van der Waals surface area (Å²) < 4.78 is 38.2. The fourth-order valence-corrected chi connectivity index (χ4v) is 1.69. The van der Waals surface area contributed by atoms with E-state index in [9.17, 15) is 22.8 Å². The van der Waals surface area contributed by atoms with Crippen LogP contribution in [0.15, 0.2) is 21.7 Å². The smallest absolute Gasteiger partial charge is 0.326 e. The van der Waals surface area contributed by atoms with Gasteiger partial charge in [-0.15, -0.1) is 0 Å². The van der Waals surface area contributed by atoms with E-state index in [4.69, 9.17) is 5.73 Å². The molecule has 0 atom stereocenters. The van der Waals surface area contributed by atoms with Crippen molar-refractivity contribution in [3.63, 3.8) is 0 Å². The summed E-state index contributed by atoms with van der Waals surface area (Å²) in [6.45, 7) is -0.358. The third-order valence-corrected chi connectivity index (χ3v) is 2.49. The van der Waals surface area contributed by atoms with Crippen LogP contribution in [0, 0.1) is 0 Å². The highest BCUT2D eigenvalue weighted by atomic mass is 19.4. The molecule has 0 aliphatic rings. The van der Waals surface area contributed by atoms with Crippen molar-refractivity contribution in [2.45, 2.75) is 12.7 Å². The van der Waals surface area contributed by atoms with Crippen molar-refractivity contribution in [2.75, 3.05) is 0 Å². The molecule has 18 heavy (non-hydrogen) atoms. The van der Waals surface area contributed by atoms with Crippen molar-refractivity contribution in [1.29, 1.82) is 0 Å². The Kier molecular flexibility index (Phi) is 2.74. The number of hydrogen-bond acceptors (Lipinski definition) is 3. The van der Waals surface area contributed by atoms with Crippen LogP contribution in [0.3, 0.4) is 0 Å². The fraction of sp³-hybridized carbons (Fsp3) is 0.200. The lowest BCUT2D eigenvalue weighted by molar-refractivity contribution is -0.138. The molecule has 1 heterocycles. The van der Waals surface area contributed by atoms with Crippen molar-refractivity contribution >= 4 is 10.9 Å². The minimum Gasteiger partial charge on any atom is -0.326 e. The van der Waals surface area contributed by atoms with Gasteiger partial charge in [0.1, 0.15) is 0 Å². The van der Waals surface area contributed by atoms with Crippen LogP contribution in [-0.4, -0.2) is 9.97 Å². The first-order chi connectivity index (χ1) is 8.32. The van der Waals surface area contributed by atoms with Crippen LogP contribution < -0.4 is 17.0 Å². The quantitative estimate of drug-likeness (QED) is 0.703. The molecule has 5 nitrogen and oxygen atoms in total. The number of halogens is 3. The van der Waals surface area contributed by atoms with Crippen LogP contribution in [0.5, 0.6) is 0 Å². The third-order valence-electron chi connectivity index (χ3n) is 2.49. The summed E-state index contributed by atoms with van der Waals surface area (Å²) in [5, 5.41) is -0.0388. The summed E-state index contributed by atoms with van der Waals surface area (Å²) in [6, 6.07) is 1.75. The van der Waals surface area contributed by atoms with E-state index in [1.807, 2.05) is 4.98 Å². The second kappa shape index (κ2) is 3.98. The molecule has 2 rings (SSSR count). The van der Waals surface area contributed by atoms with Gasteiger partial charge in [-0.05, 0) is 17.7 Å². The van der Waals surface area contributed by atoms with E-state index >= 15 is 0 Å². The molecule has 0 aliphatic heterocycles. The summed E-state index contributed by atoms with van der Waals surface area (Å²) in [5.41, 5.74) is 2.29. The van der Waals surface area contributed by atoms with Crippen LogP contribution in [0.4, 0.5) is 13.2 Å². The minimum atomic E-state index is -4.59. The number of H-pyrrole nitrogens is 2. The van der Waals surface area contributed by atoms with Crippen molar-refractivity contribution in [2.24, 2.45) is 5.73 Å². The lowest BCUT2D eigenvalue weighted by Gasteiger charge is -2.12. The zero-order chi connectivity index (χ0) is 13.5. The van der Waals surface area contributed by atoms with Gasteiger partial charge in [-0.1, -0.05) is 0 Å². The number of benzene rings is 1. The zero-order valence-corrected chi connectivity index (χ0v) is 8.89. The Bertz CT molecular complexity index is 715. The largest absolute Gasteiger partial charge is 0.416 e.